The summed E-state index contributed by atoms with van der Waals surface area (Å²) in [6.45, 7) is 0.0841. The van der Waals surface area contributed by atoms with Crippen LogP contribution in [0.4, 0.5) is 0 Å². The minimum atomic E-state index is -3.09. The summed E-state index contributed by atoms with van der Waals surface area (Å²) >= 11 is 0. The number of aliphatic hydroxyl groups excluding tert-OH is 1. The number of sulfone groups is 1. The van der Waals surface area contributed by atoms with Gasteiger partial charge in [0.25, 0.3) is 0 Å². The van der Waals surface area contributed by atoms with Gasteiger partial charge in [-0.05, 0) is 11.1 Å². The van der Waals surface area contributed by atoms with Gasteiger partial charge in [-0.2, -0.15) is 0 Å². The van der Waals surface area contributed by atoms with Crippen molar-refractivity contribution in [2.75, 3.05) is 12.8 Å². The molecule has 3 N–H and O–H groups in total. The normalized spacial score (nSPS) is 13.8. The molecule has 0 radical (unpaired) electrons. The molecular weight excluding hydrogens is 214 g/mol. The molecule has 1 unspecified atom stereocenters. The van der Waals surface area contributed by atoms with Gasteiger partial charge in [0, 0.05) is 12.8 Å². The predicted octanol–water partition coefficient (Wildman–Crippen LogP) is 0.223. The van der Waals surface area contributed by atoms with E-state index >= 15 is 0 Å². The molecule has 5 heteroatoms. The van der Waals surface area contributed by atoms with Crippen LogP contribution in [-0.2, 0) is 15.6 Å². The summed E-state index contributed by atoms with van der Waals surface area (Å²) in [5.41, 5.74) is 6.53. The number of hydrogen-bond acceptors (Lipinski definition) is 4. The lowest BCUT2D eigenvalue weighted by molar-refractivity contribution is 0.186. The molecule has 0 aliphatic heterocycles. The molecule has 0 aliphatic carbocycles. The quantitative estimate of drug-likeness (QED) is 0.774. The van der Waals surface area contributed by atoms with Crippen LogP contribution < -0.4 is 5.73 Å². The van der Waals surface area contributed by atoms with Crippen LogP contribution in [0.2, 0.25) is 0 Å². The van der Waals surface area contributed by atoms with Crippen LogP contribution in [0.25, 0.3) is 0 Å². The molecule has 0 aliphatic rings. The second-order valence-electron chi connectivity index (χ2n) is 3.52. The molecule has 4 nitrogen and oxygen atoms in total. The Bertz CT molecular complexity index is 428. The van der Waals surface area contributed by atoms with Crippen molar-refractivity contribution in [3.63, 3.8) is 0 Å². The average molecular weight is 229 g/mol. The fraction of sp³-hybridized carbons (Fsp3) is 0.400. The van der Waals surface area contributed by atoms with E-state index in [-0.39, 0.29) is 12.3 Å². The van der Waals surface area contributed by atoms with Gasteiger partial charge < -0.3 is 10.8 Å². The van der Waals surface area contributed by atoms with Crippen molar-refractivity contribution >= 4 is 9.84 Å². The predicted molar refractivity (Wildman–Crippen MR) is 59.0 cm³/mol. The zero-order valence-electron chi connectivity index (χ0n) is 8.55. The average Bonchev–Trinajstić information content (AvgIpc) is 2.15. The lowest BCUT2D eigenvalue weighted by atomic mass is 10.0. The van der Waals surface area contributed by atoms with E-state index in [1.807, 2.05) is 0 Å². The molecule has 0 saturated carbocycles. The summed E-state index contributed by atoms with van der Waals surface area (Å²) in [4.78, 5) is 0. The zero-order chi connectivity index (χ0) is 11.5. The Hall–Kier alpha value is -0.910. The summed E-state index contributed by atoms with van der Waals surface area (Å²) < 4.78 is 22.3. The van der Waals surface area contributed by atoms with Crippen LogP contribution in [0.1, 0.15) is 17.2 Å². The van der Waals surface area contributed by atoms with E-state index in [1.54, 1.807) is 24.3 Å². The molecule has 15 heavy (non-hydrogen) atoms. The third-order valence-electron chi connectivity index (χ3n) is 2.06. The third kappa shape index (κ3) is 3.62. The molecule has 0 heterocycles. The molecule has 0 spiro atoms. The van der Waals surface area contributed by atoms with Crippen molar-refractivity contribution in [3.8, 4) is 0 Å². The van der Waals surface area contributed by atoms with E-state index < -0.39 is 15.9 Å². The van der Waals surface area contributed by atoms with Crippen molar-refractivity contribution in [3.05, 3.63) is 35.4 Å². The minimum Gasteiger partial charge on any atom is -0.387 e. The molecule has 1 atom stereocenters. The van der Waals surface area contributed by atoms with Crippen LogP contribution in [0.5, 0.6) is 0 Å². The number of hydrogen-bond donors (Lipinski definition) is 2. The van der Waals surface area contributed by atoms with Crippen molar-refractivity contribution in [2.24, 2.45) is 5.73 Å². The van der Waals surface area contributed by atoms with Gasteiger partial charge in [0.1, 0.15) is 0 Å². The van der Waals surface area contributed by atoms with E-state index in [4.69, 9.17) is 5.73 Å². The first kappa shape index (κ1) is 12.2. The summed E-state index contributed by atoms with van der Waals surface area (Å²) in [6, 6.07) is 6.88. The van der Waals surface area contributed by atoms with Gasteiger partial charge in [-0.1, -0.05) is 24.3 Å². The molecule has 0 saturated heterocycles. The maximum Gasteiger partial charge on any atom is 0.151 e. The zero-order valence-corrected chi connectivity index (χ0v) is 9.37. The van der Waals surface area contributed by atoms with E-state index in [0.717, 1.165) is 0 Å². The summed E-state index contributed by atoms with van der Waals surface area (Å²) in [5.74, 6) is -0.0692. The Kier molecular flexibility index (Phi) is 3.84. The lowest BCUT2D eigenvalue weighted by Gasteiger charge is -2.12. The van der Waals surface area contributed by atoms with Crippen LogP contribution in [-0.4, -0.2) is 26.3 Å². The first-order chi connectivity index (χ1) is 6.94. The van der Waals surface area contributed by atoms with Gasteiger partial charge >= 0.3 is 0 Å². The highest BCUT2D eigenvalue weighted by molar-refractivity contribution is 7.89. The van der Waals surface area contributed by atoms with Crippen molar-refractivity contribution < 1.29 is 13.5 Å². The van der Waals surface area contributed by atoms with Gasteiger partial charge in [-0.3, -0.25) is 0 Å². The van der Waals surface area contributed by atoms with Gasteiger partial charge in [0.05, 0.1) is 11.9 Å². The second kappa shape index (κ2) is 4.74. The first-order valence-electron chi connectivity index (χ1n) is 4.57. The smallest absolute Gasteiger partial charge is 0.151 e. The van der Waals surface area contributed by atoms with E-state index in [0.29, 0.717) is 11.1 Å². The van der Waals surface area contributed by atoms with E-state index in [9.17, 15) is 13.5 Å². The molecular formula is C10H15NO3S. The highest BCUT2D eigenvalue weighted by Gasteiger charge is 2.13. The topological polar surface area (TPSA) is 80.4 Å². The highest BCUT2D eigenvalue weighted by Crippen LogP contribution is 2.18. The monoisotopic (exact) mass is 229 g/mol. The summed E-state index contributed by atoms with van der Waals surface area (Å²) in [6.07, 6.45) is 0.362. The van der Waals surface area contributed by atoms with Crippen LogP contribution in [0, 0.1) is 0 Å². The molecule has 0 fully saturated rings. The molecule has 1 aromatic rings. The Morgan fingerprint density at radius 1 is 1.40 bits per heavy atom. The first-order valence-corrected chi connectivity index (χ1v) is 6.64. The van der Waals surface area contributed by atoms with Gasteiger partial charge in [-0.15, -0.1) is 0 Å². The number of rotatable bonds is 4. The van der Waals surface area contributed by atoms with Gasteiger partial charge in [-0.25, -0.2) is 8.42 Å². The molecule has 1 aromatic carbocycles. The standard InChI is InChI=1S/C10H15NO3S/c1-15(13,14)7-8-4-2-3-5-9(8)10(12)6-11/h2-5,10,12H,6-7,11H2,1H3. The number of aliphatic hydroxyl groups is 1. The van der Waals surface area contributed by atoms with E-state index in [1.165, 1.54) is 6.26 Å². The SMILES string of the molecule is CS(=O)(=O)Cc1ccccc1C(O)CN. The van der Waals surface area contributed by atoms with Crippen LogP contribution in [0.3, 0.4) is 0 Å². The molecule has 0 amide bonds. The maximum atomic E-state index is 11.2. The Morgan fingerprint density at radius 2 is 2.00 bits per heavy atom. The molecule has 1 rings (SSSR count). The molecule has 0 bridgehead atoms. The summed E-state index contributed by atoms with van der Waals surface area (Å²) in [7, 11) is -3.09. The highest BCUT2D eigenvalue weighted by atomic mass is 32.2. The van der Waals surface area contributed by atoms with Gasteiger partial charge in [0.15, 0.2) is 9.84 Å². The summed E-state index contributed by atoms with van der Waals surface area (Å²) in [5, 5.41) is 9.59. The molecule has 84 valence electrons. The fourth-order valence-corrected chi connectivity index (χ4v) is 2.23. The van der Waals surface area contributed by atoms with Gasteiger partial charge in [0.2, 0.25) is 0 Å². The molecule has 0 aromatic heterocycles. The van der Waals surface area contributed by atoms with Crippen LogP contribution in [0.15, 0.2) is 24.3 Å². The van der Waals surface area contributed by atoms with Crippen molar-refractivity contribution in [2.45, 2.75) is 11.9 Å². The fourth-order valence-electron chi connectivity index (χ4n) is 1.40. The van der Waals surface area contributed by atoms with E-state index in [2.05, 4.69) is 0 Å². The van der Waals surface area contributed by atoms with Crippen molar-refractivity contribution in [1.82, 2.24) is 0 Å². The Labute approximate surface area is 89.7 Å². The second-order valence-corrected chi connectivity index (χ2v) is 5.66. The largest absolute Gasteiger partial charge is 0.387 e. The minimum absolute atomic E-state index is 0.0692. The Morgan fingerprint density at radius 3 is 2.53 bits per heavy atom. The lowest BCUT2D eigenvalue weighted by Crippen LogP contribution is -2.14. The number of benzene rings is 1. The van der Waals surface area contributed by atoms with Crippen LogP contribution >= 0.6 is 0 Å². The maximum absolute atomic E-state index is 11.2. The van der Waals surface area contributed by atoms with Crippen molar-refractivity contribution in [1.29, 1.82) is 0 Å². The third-order valence-corrected chi connectivity index (χ3v) is 2.89. The number of nitrogens with two attached hydrogens (primary N) is 1. The Balaban J connectivity index is 3.07.